The van der Waals surface area contributed by atoms with Gasteiger partial charge in [-0.15, -0.1) is 0 Å². The van der Waals surface area contributed by atoms with E-state index in [1.807, 2.05) is 43.7 Å². The second-order valence-corrected chi connectivity index (χ2v) is 15.4. The highest BCUT2D eigenvalue weighted by Crippen LogP contribution is 2.14. The quantitative estimate of drug-likeness (QED) is 0.0385. The van der Waals surface area contributed by atoms with Gasteiger partial charge in [-0.25, -0.2) is 22.7 Å². The van der Waals surface area contributed by atoms with Crippen LogP contribution >= 0.6 is 22.6 Å². The van der Waals surface area contributed by atoms with Gasteiger partial charge in [0.05, 0.1) is 46.6 Å². The summed E-state index contributed by atoms with van der Waals surface area (Å²) in [6, 6.07) is -0.799. The van der Waals surface area contributed by atoms with Crippen LogP contribution in [0.25, 0.3) is 0 Å². The van der Waals surface area contributed by atoms with Gasteiger partial charge in [0, 0.05) is 19.5 Å². The highest BCUT2D eigenvalue weighted by molar-refractivity contribution is 14.1. The molecule has 0 aliphatic heterocycles. The predicted octanol–water partition coefficient (Wildman–Crippen LogP) is 6.48. The van der Waals surface area contributed by atoms with Gasteiger partial charge < -0.3 is 24.6 Å². The van der Waals surface area contributed by atoms with Gasteiger partial charge in [-0.3, -0.25) is 0 Å². The third-order valence-corrected chi connectivity index (χ3v) is 9.64. The second kappa shape index (κ2) is 25.5. The zero-order valence-corrected chi connectivity index (χ0v) is 30.2. The Balaban J connectivity index is 4.05. The number of carbonyl (C=O) groups is 2. The molecule has 0 bridgehead atoms. The van der Waals surface area contributed by atoms with Crippen molar-refractivity contribution in [3.8, 4) is 0 Å². The first-order chi connectivity index (χ1) is 19.9. The van der Waals surface area contributed by atoms with Crippen LogP contribution in [-0.2, 0) is 19.5 Å². The van der Waals surface area contributed by atoms with Crippen molar-refractivity contribution in [3.63, 3.8) is 0 Å². The monoisotopic (exact) mass is 733 g/mol. The number of ether oxygens (including phenoxy) is 2. The lowest BCUT2D eigenvalue weighted by atomic mass is 10.0. The molecule has 0 rings (SSSR count). The highest BCUT2D eigenvalue weighted by atomic mass is 127. The normalized spacial score (nSPS) is 13.4. The molecule has 0 aromatic carbocycles. The molecule has 12 heteroatoms. The van der Waals surface area contributed by atoms with E-state index in [1.54, 1.807) is 0 Å². The number of carbonyl (C=O) groups excluding carboxylic acids is 2. The number of methoxy groups -OCH3 is 1. The number of hydrogen-bond acceptors (Lipinski definition) is 6. The van der Waals surface area contributed by atoms with Crippen molar-refractivity contribution < 1.29 is 32.0 Å². The molecule has 0 aliphatic rings. The molecule has 0 saturated heterocycles. The molecule has 0 radical (unpaired) electrons. The van der Waals surface area contributed by atoms with E-state index in [2.05, 4.69) is 27.0 Å². The number of halogens is 1. The maximum absolute atomic E-state index is 12.4. The summed E-state index contributed by atoms with van der Waals surface area (Å²) in [5.41, 5.74) is 0. The van der Waals surface area contributed by atoms with Gasteiger partial charge in [0.25, 0.3) is 0 Å². The Labute approximate surface area is 271 Å². The van der Waals surface area contributed by atoms with Crippen molar-refractivity contribution in [2.24, 2.45) is 0 Å². The first-order valence-electron chi connectivity index (χ1n) is 16.1. The van der Waals surface area contributed by atoms with E-state index in [0.29, 0.717) is 24.0 Å². The Morgan fingerprint density at radius 1 is 0.762 bits per heavy atom. The third kappa shape index (κ3) is 26.7. The summed E-state index contributed by atoms with van der Waals surface area (Å²) in [6.07, 6.45) is 19.8. The zero-order chi connectivity index (χ0) is 31.7. The number of quaternary nitrogens is 1. The summed E-state index contributed by atoms with van der Waals surface area (Å²) >= 11 is 1.87. The van der Waals surface area contributed by atoms with Crippen LogP contribution in [0.15, 0.2) is 0 Å². The fourth-order valence-corrected chi connectivity index (χ4v) is 6.28. The van der Waals surface area contributed by atoms with Crippen molar-refractivity contribution in [1.82, 2.24) is 15.4 Å². The standard InChI is InChI=1S/C30H61IN4O6S/c1-6-7-8-9-10-11-12-13-14-15-16-17-18-19-20-21-23-32-29(36)41-28(31)27(34-30(37)40-5)26-33-42(38,39)25-22-24-35(2,3)4/h27-28,33H,6-26H2,1-5H3,(H-,32,34,36,37)/p+1. The predicted molar refractivity (Wildman–Crippen MR) is 180 cm³/mol. The second-order valence-electron chi connectivity index (χ2n) is 12.3. The maximum Gasteiger partial charge on any atom is 0.408 e. The number of unbranched alkanes of at least 4 members (excludes halogenated alkanes) is 15. The summed E-state index contributed by atoms with van der Waals surface area (Å²) in [6.45, 7) is 3.36. The summed E-state index contributed by atoms with van der Waals surface area (Å²) < 4.78 is 37.3. The SMILES string of the molecule is CCCCCCCCCCCCCCCCCCNC(=O)OC(I)C(CNS(=O)(=O)CCC[N+](C)(C)C)NC(=O)OC. The lowest BCUT2D eigenvalue weighted by Crippen LogP contribution is -2.50. The van der Waals surface area contributed by atoms with Crippen LogP contribution in [0.3, 0.4) is 0 Å². The molecule has 0 fully saturated rings. The fraction of sp³-hybridized carbons (Fsp3) is 0.933. The molecule has 3 N–H and O–H groups in total. The maximum atomic E-state index is 12.4. The molecule has 2 atom stereocenters. The summed E-state index contributed by atoms with van der Waals surface area (Å²) in [5, 5.41) is 5.30. The average Bonchev–Trinajstić information content (AvgIpc) is 2.91. The van der Waals surface area contributed by atoms with Crippen molar-refractivity contribution in [2.45, 2.75) is 126 Å². The Bertz CT molecular complexity index is 795. The van der Waals surface area contributed by atoms with E-state index >= 15 is 0 Å². The summed E-state index contributed by atoms with van der Waals surface area (Å²) in [7, 11) is 3.66. The van der Waals surface area contributed by atoms with E-state index < -0.39 is 32.4 Å². The molecule has 10 nitrogen and oxygen atoms in total. The molecule has 0 spiro atoms. The average molecular weight is 734 g/mol. The molecule has 0 saturated carbocycles. The molecule has 0 heterocycles. The van der Waals surface area contributed by atoms with Crippen LogP contribution in [0.2, 0.25) is 0 Å². The van der Waals surface area contributed by atoms with Crippen LogP contribution in [0, 0.1) is 0 Å². The largest absolute Gasteiger partial charge is 0.453 e. The smallest absolute Gasteiger partial charge is 0.408 e. The number of nitrogens with one attached hydrogen (secondary N) is 3. The van der Waals surface area contributed by atoms with Crippen LogP contribution in [0.4, 0.5) is 9.59 Å². The molecule has 0 aromatic rings. The molecule has 42 heavy (non-hydrogen) atoms. The number of hydrogen-bond donors (Lipinski definition) is 3. The number of nitrogens with zero attached hydrogens (tertiary/aromatic N) is 1. The van der Waals surface area contributed by atoms with E-state index in [4.69, 9.17) is 4.74 Å². The van der Waals surface area contributed by atoms with Crippen LogP contribution in [0.5, 0.6) is 0 Å². The van der Waals surface area contributed by atoms with Gasteiger partial charge in [0.15, 0.2) is 4.11 Å². The zero-order valence-electron chi connectivity index (χ0n) is 27.2. The molecule has 0 aromatic heterocycles. The molecular weight excluding hydrogens is 671 g/mol. The van der Waals surface area contributed by atoms with E-state index in [9.17, 15) is 18.0 Å². The topological polar surface area (TPSA) is 123 Å². The fourth-order valence-electron chi connectivity index (χ4n) is 4.53. The number of sulfonamides is 1. The van der Waals surface area contributed by atoms with Crippen molar-refractivity contribution >= 4 is 44.8 Å². The van der Waals surface area contributed by atoms with Crippen LogP contribution in [-0.4, -0.2) is 88.9 Å². The minimum Gasteiger partial charge on any atom is -0.453 e. The van der Waals surface area contributed by atoms with Crippen LogP contribution in [0.1, 0.15) is 116 Å². The Kier molecular flexibility index (Phi) is 24.9. The minimum absolute atomic E-state index is 0.0277. The summed E-state index contributed by atoms with van der Waals surface area (Å²) in [5.74, 6) is -0.0277. The van der Waals surface area contributed by atoms with Gasteiger partial charge in [0.2, 0.25) is 10.0 Å². The Morgan fingerprint density at radius 3 is 1.69 bits per heavy atom. The van der Waals surface area contributed by atoms with E-state index in [1.165, 1.54) is 90.6 Å². The molecular formula is C30H62IN4O6S+. The first kappa shape index (κ1) is 41.1. The number of alkyl carbamates (subject to hydrolysis) is 2. The number of rotatable bonds is 27. The van der Waals surface area contributed by atoms with Crippen LogP contribution < -0.4 is 15.4 Å². The van der Waals surface area contributed by atoms with Gasteiger partial charge in [0.1, 0.15) is 0 Å². The Hall–Kier alpha value is -0.860. The first-order valence-corrected chi connectivity index (χ1v) is 19.0. The molecule has 2 amide bonds. The number of amides is 2. The molecule has 0 aliphatic carbocycles. The lowest BCUT2D eigenvalue weighted by Gasteiger charge is -2.25. The number of alkyl halides is 1. The van der Waals surface area contributed by atoms with Gasteiger partial charge in [-0.05, 0) is 29.0 Å². The minimum atomic E-state index is -3.55. The van der Waals surface area contributed by atoms with E-state index in [-0.39, 0.29) is 12.3 Å². The van der Waals surface area contributed by atoms with Crippen molar-refractivity contribution in [1.29, 1.82) is 0 Å². The molecule has 2 unspecified atom stereocenters. The van der Waals surface area contributed by atoms with E-state index in [0.717, 1.165) is 19.3 Å². The lowest BCUT2D eigenvalue weighted by molar-refractivity contribution is -0.870. The third-order valence-electron chi connectivity index (χ3n) is 7.09. The Morgan fingerprint density at radius 2 is 1.24 bits per heavy atom. The highest BCUT2D eigenvalue weighted by Gasteiger charge is 2.27. The van der Waals surface area contributed by atoms with Gasteiger partial charge in [-0.2, -0.15) is 0 Å². The van der Waals surface area contributed by atoms with Crippen molar-refractivity contribution in [2.75, 3.05) is 53.6 Å². The molecule has 250 valence electrons. The van der Waals surface area contributed by atoms with Gasteiger partial charge in [-0.1, -0.05) is 103 Å². The van der Waals surface area contributed by atoms with Gasteiger partial charge >= 0.3 is 12.2 Å². The van der Waals surface area contributed by atoms with Crippen molar-refractivity contribution in [3.05, 3.63) is 0 Å². The summed E-state index contributed by atoms with van der Waals surface area (Å²) in [4.78, 5) is 24.1.